The van der Waals surface area contributed by atoms with Gasteiger partial charge in [0.2, 0.25) is 0 Å². The number of aromatic nitrogens is 2. The second-order valence-electron chi connectivity index (χ2n) is 7.16. The molecular formula is C22H19ClFN3O4. The van der Waals surface area contributed by atoms with Gasteiger partial charge in [0.1, 0.15) is 11.4 Å². The third kappa shape index (κ3) is 4.66. The second-order valence-corrected chi connectivity index (χ2v) is 7.59. The van der Waals surface area contributed by atoms with Crippen LogP contribution in [0.5, 0.6) is 0 Å². The van der Waals surface area contributed by atoms with Crippen molar-refractivity contribution in [1.29, 1.82) is 0 Å². The van der Waals surface area contributed by atoms with Crippen LogP contribution in [0.3, 0.4) is 0 Å². The van der Waals surface area contributed by atoms with Gasteiger partial charge in [0.15, 0.2) is 0 Å². The Labute approximate surface area is 182 Å². The smallest absolute Gasteiger partial charge is 0.284 e. The fraction of sp³-hybridized carbons (Fsp3) is 0.227. The molecule has 0 saturated carbocycles. The fourth-order valence-corrected chi connectivity index (χ4v) is 3.47. The van der Waals surface area contributed by atoms with Gasteiger partial charge >= 0.3 is 0 Å². The molecule has 2 N–H and O–H groups in total. The van der Waals surface area contributed by atoms with Crippen LogP contribution >= 0.6 is 11.6 Å². The molecule has 9 heteroatoms. The number of aliphatic hydroxyl groups excluding tert-OH is 1. The van der Waals surface area contributed by atoms with Gasteiger partial charge in [-0.25, -0.2) is 4.39 Å². The minimum Gasteiger partial charge on any atom is -0.389 e. The highest BCUT2D eigenvalue weighted by Crippen LogP contribution is 2.21. The molecule has 0 aliphatic carbocycles. The third-order valence-corrected chi connectivity index (χ3v) is 5.24. The fourth-order valence-electron chi connectivity index (χ4n) is 3.34. The van der Waals surface area contributed by atoms with Crippen LogP contribution in [0, 0.1) is 5.82 Å². The van der Waals surface area contributed by atoms with Crippen LogP contribution in [0.2, 0.25) is 5.02 Å². The van der Waals surface area contributed by atoms with E-state index in [1.807, 2.05) is 0 Å². The van der Waals surface area contributed by atoms with Gasteiger partial charge in [-0.15, -0.1) is 0 Å². The predicted octanol–water partition coefficient (Wildman–Crippen LogP) is 2.57. The summed E-state index contributed by atoms with van der Waals surface area (Å²) in [7, 11) is 0. The zero-order chi connectivity index (χ0) is 22.0. The number of hydrogen-bond donors (Lipinski definition) is 2. The van der Waals surface area contributed by atoms with Crippen molar-refractivity contribution >= 4 is 17.5 Å². The number of nitrogens with zero attached hydrogens (tertiary/aromatic N) is 2. The van der Waals surface area contributed by atoms with Gasteiger partial charge in [-0.3, -0.25) is 9.59 Å². The minimum absolute atomic E-state index is 0.102. The number of rotatable bonds is 4. The van der Waals surface area contributed by atoms with Gasteiger partial charge in [-0.05, 0) is 42.8 Å². The Morgan fingerprint density at radius 2 is 2.00 bits per heavy atom. The van der Waals surface area contributed by atoms with Gasteiger partial charge in [-0.2, -0.15) is 9.78 Å². The van der Waals surface area contributed by atoms with Gasteiger partial charge in [0.05, 0.1) is 30.1 Å². The quantitative estimate of drug-likeness (QED) is 0.646. The van der Waals surface area contributed by atoms with Crippen molar-refractivity contribution in [1.82, 2.24) is 15.1 Å². The highest BCUT2D eigenvalue weighted by Gasteiger charge is 2.27. The lowest BCUT2D eigenvalue weighted by atomic mass is 10.1. The zero-order valence-corrected chi connectivity index (χ0v) is 17.1. The maximum Gasteiger partial charge on any atom is 0.284 e. The van der Waals surface area contributed by atoms with Gasteiger partial charge < -0.3 is 15.2 Å². The first-order chi connectivity index (χ1) is 14.9. The van der Waals surface area contributed by atoms with Crippen LogP contribution in [0.25, 0.3) is 16.9 Å². The number of carbonyl (C=O) groups excluding carboxylic acids is 1. The molecule has 1 fully saturated rings. The summed E-state index contributed by atoms with van der Waals surface area (Å²) in [5.74, 6) is -1.20. The minimum atomic E-state index is -0.874. The maximum atomic E-state index is 13.8. The molecule has 0 spiro atoms. The molecule has 1 aliphatic heterocycles. The molecule has 31 heavy (non-hydrogen) atoms. The topological polar surface area (TPSA) is 93.4 Å². The zero-order valence-electron chi connectivity index (χ0n) is 16.3. The molecule has 2 atom stereocenters. The number of nitrogens with one attached hydrogen (secondary N) is 1. The van der Waals surface area contributed by atoms with Gasteiger partial charge in [0, 0.05) is 17.2 Å². The van der Waals surface area contributed by atoms with Crippen molar-refractivity contribution in [3.8, 4) is 16.9 Å². The summed E-state index contributed by atoms with van der Waals surface area (Å²) >= 11 is 5.96. The van der Waals surface area contributed by atoms with E-state index in [2.05, 4.69) is 10.4 Å². The summed E-state index contributed by atoms with van der Waals surface area (Å²) in [5.41, 5.74) is 0.249. The summed E-state index contributed by atoms with van der Waals surface area (Å²) in [6.07, 6.45) is -0.458. The molecule has 7 nitrogen and oxygen atoms in total. The number of ether oxygens (including phenoxy) is 1. The summed E-state index contributed by atoms with van der Waals surface area (Å²) in [6, 6.07) is 12.9. The molecular weight excluding hydrogens is 425 g/mol. The molecule has 1 aliphatic rings. The predicted molar refractivity (Wildman–Crippen MR) is 113 cm³/mol. The van der Waals surface area contributed by atoms with E-state index in [1.54, 1.807) is 24.3 Å². The van der Waals surface area contributed by atoms with Crippen LogP contribution in [-0.4, -0.2) is 46.2 Å². The Hall–Kier alpha value is -3.07. The Morgan fingerprint density at radius 3 is 2.71 bits per heavy atom. The van der Waals surface area contributed by atoms with E-state index >= 15 is 0 Å². The number of carbonyl (C=O) groups is 1. The summed E-state index contributed by atoms with van der Waals surface area (Å²) in [4.78, 5) is 26.1. The van der Waals surface area contributed by atoms with Crippen molar-refractivity contribution in [2.24, 2.45) is 0 Å². The average Bonchev–Trinajstić information content (AvgIpc) is 2.76. The summed E-state index contributed by atoms with van der Waals surface area (Å²) in [5, 5.41) is 17.6. The number of halogens is 2. The van der Waals surface area contributed by atoms with Gasteiger partial charge in [-0.1, -0.05) is 29.8 Å². The Bertz CT molecular complexity index is 1170. The normalized spacial score (nSPS) is 18.5. The Kier molecular flexibility index (Phi) is 6.13. The van der Waals surface area contributed by atoms with Crippen LogP contribution in [0.15, 0.2) is 59.4 Å². The highest BCUT2D eigenvalue weighted by atomic mass is 35.5. The van der Waals surface area contributed by atoms with E-state index in [9.17, 15) is 19.1 Å². The third-order valence-electron chi connectivity index (χ3n) is 4.99. The lowest BCUT2D eigenvalue weighted by Crippen LogP contribution is -2.49. The SMILES string of the molecule is O=C(NC1CCOCC1O)c1cc(-c2ccc(Cl)cc2)nn(-c2cccc(F)c2)c1=O. The number of aliphatic hydroxyl groups is 1. The summed E-state index contributed by atoms with van der Waals surface area (Å²) < 4.78 is 19.9. The van der Waals surface area contributed by atoms with Crippen LogP contribution < -0.4 is 10.9 Å². The molecule has 2 aromatic carbocycles. The summed E-state index contributed by atoms with van der Waals surface area (Å²) in [6.45, 7) is 0.493. The lowest BCUT2D eigenvalue weighted by Gasteiger charge is -2.28. The monoisotopic (exact) mass is 443 g/mol. The molecule has 2 unspecified atom stereocenters. The first-order valence-corrected chi connectivity index (χ1v) is 10.0. The number of amides is 1. The van der Waals surface area contributed by atoms with Gasteiger partial charge in [0.25, 0.3) is 11.5 Å². The average molecular weight is 444 g/mol. The maximum absolute atomic E-state index is 13.8. The first kappa shape index (κ1) is 21.2. The van der Waals surface area contributed by atoms with Crippen LogP contribution in [0.4, 0.5) is 4.39 Å². The molecule has 2 heterocycles. The molecule has 0 radical (unpaired) electrons. The van der Waals surface area contributed by atoms with Crippen molar-refractivity contribution in [2.45, 2.75) is 18.6 Å². The van der Waals surface area contributed by atoms with Crippen molar-refractivity contribution in [3.63, 3.8) is 0 Å². The molecule has 1 amide bonds. The van der Waals surface area contributed by atoms with E-state index in [4.69, 9.17) is 16.3 Å². The number of benzene rings is 2. The van der Waals surface area contributed by atoms with E-state index < -0.39 is 29.4 Å². The van der Waals surface area contributed by atoms with Crippen LogP contribution in [-0.2, 0) is 4.74 Å². The molecule has 1 saturated heterocycles. The molecule has 4 rings (SSSR count). The molecule has 160 valence electrons. The molecule has 1 aromatic heterocycles. The standard InChI is InChI=1S/C22H19ClFN3O4/c23-14-6-4-13(5-7-14)19-11-17(21(29)25-18-8-9-31-12-20(18)28)22(30)27(26-19)16-3-1-2-15(24)10-16/h1-7,10-11,18,20,28H,8-9,12H2,(H,25,29). The van der Waals surface area contributed by atoms with Crippen molar-refractivity contribution < 1.29 is 19.0 Å². The van der Waals surface area contributed by atoms with E-state index in [-0.39, 0.29) is 17.9 Å². The first-order valence-electron chi connectivity index (χ1n) is 9.65. The largest absolute Gasteiger partial charge is 0.389 e. The Morgan fingerprint density at radius 1 is 1.23 bits per heavy atom. The van der Waals surface area contributed by atoms with E-state index in [1.165, 1.54) is 24.3 Å². The lowest BCUT2D eigenvalue weighted by molar-refractivity contribution is -0.0261. The molecule has 3 aromatic rings. The highest BCUT2D eigenvalue weighted by molar-refractivity contribution is 6.30. The second kappa shape index (κ2) is 8.97. The molecule has 0 bridgehead atoms. The van der Waals surface area contributed by atoms with Crippen molar-refractivity contribution in [3.05, 3.63) is 81.4 Å². The van der Waals surface area contributed by atoms with E-state index in [0.29, 0.717) is 29.3 Å². The van der Waals surface area contributed by atoms with Crippen LogP contribution in [0.1, 0.15) is 16.8 Å². The number of hydrogen-bond acceptors (Lipinski definition) is 5. The van der Waals surface area contributed by atoms with Crippen molar-refractivity contribution in [2.75, 3.05) is 13.2 Å². The van der Waals surface area contributed by atoms with E-state index in [0.717, 1.165) is 10.7 Å². The Balaban J connectivity index is 1.80.